The van der Waals surface area contributed by atoms with Crippen LogP contribution in [0.2, 0.25) is 0 Å². The number of amidine groups is 1. The van der Waals surface area contributed by atoms with Crippen molar-refractivity contribution < 1.29 is 13.5 Å². The lowest BCUT2D eigenvalue weighted by molar-refractivity contribution is -0.0526. The maximum absolute atomic E-state index is 13.8. The van der Waals surface area contributed by atoms with Gasteiger partial charge in [0, 0.05) is 25.5 Å². The summed E-state index contributed by atoms with van der Waals surface area (Å²) in [5.41, 5.74) is 12.0. The molecule has 3 rings (SSSR count). The largest absolute Gasteiger partial charge is 0.457 e. The van der Waals surface area contributed by atoms with Crippen molar-refractivity contribution >= 4 is 17.5 Å². The summed E-state index contributed by atoms with van der Waals surface area (Å²) in [6.45, 7) is -0.0413. The Balaban J connectivity index is 1.82. The zero-order chi connectivity index (χ0) is 19.4. The molecule has 1 aliphatic rings. The molecule has 1 saturated heterocycles. The summed E-state index contributed by atoms with van der Waals surface area (Å²) in [5, 5.41) is 7.61. The van der Waals surface area contributed by atoms with Gasteiger partial charge in [-0.25, -0.2) is 13.8 Å². The lowest BCUT2D eigenvalue weighted by Crippen LogP contribution is -2.56. The Labute approximate surface area is 156 Å². The summed E-state index contributed by atoms with van der Waals surface area (Å²) in [6.07, 6.45) is -0.890. The minimum Gasteiger partial charge on any atom is -0.457 e. The molecule has 6 nitrogen and oxygen atoms in total. The Kier molecular flexibility index (Phi) is 5.25. The molecule has 1 heterocycles. The number of guanidine groups is 1. The molecule has 0 radical (unpaired) electrons. The maximum atomic E-state index is 13.8. The number of nitrogens with one attached hydrogen (secondary N) is 1. The molecular weight excluding hydrogens is 352 g/mol. The number of hydrogen-bond donors (Lipinski definition) is 3. The van der Waals surface area contributed by atoms with E-state index in [1.807, 2.05) is 30.3 Å². The number of nitrogens with two attached hydrogens (primary N) is 2. The van der Waals surface area contributed by atoms with Gasteiger partial charge in [0.15, 0.2) is 5.96 Å². The second-order valence-electron chi connectivity index (χ2n) is 6.35. The van der Waals surface area contributed by atoms with Gasteiger partial charge in [0.25, 0.3) is 5.92 Å². The van der Waals surface area contributed by atoms with Crippen LogP contribution in [0.3, 0.4) is 0 Å². The number of alkyl halides is 2. The second kappa shape index (κ2) is 7.61. The molecule has 2 aromatic carbocycles. The zero-order valence-corrected chi connectivity index (χ0v) is 14.6. The third-order valence-corrected chi connectivity index (χ3v) is 4.29. The Morgan fingerprint density at radius 2 is 1.81 bits per heavy atom. The molecule has 5 N–H and O–H groups in total. The first kappa shape index (κ1) is 18.6. The maximum Gasteiger partial charge on any atom is 0.252 e. The Morgan fingerprint density at radius 1 is 1.11 bits per heavy atom. The van der Waals surface area contributed by atoms with Crippen molar-refractivity contribution in [1.82, 2.24) is 4.90 Å². The van der Waals surface area contributed by atoms with Crippen molar-refractivity contribution in [3.8, 4) is 11.5 Å². The summed E-state index contributed by atoms with van der Waals surface area (Å²) in [7, 11) is 0. The predicted molar refractivity (Wildman–Crippen MR) is 101 cm³/mol. The molecule has 1 unspecified atom stereocenters. The van der Waals surface area contributed by atoms with E-state index in [2.05, 4.69) is 4.99 Å². The van der Waals surface area contributed by atoms with Crippen molar-refractivity contribution in [2.45, 2.75) is 24.8 Å². The van der Waals surface area contributed by atoms with E-state index in [1.165, 1.54) is 4.90 Å². The summed E-state index contributed by atoms with van der Waals surface area (Å²) in [5.74, 6) is -1.96. The molecule has 0 bridgehead atoms. The number of piperidine rings is 1. The minimum atomic E-state index is -2.87. The monoisotopic (exact) mass is 373 g/mol. The molecule has 8 heteroatoms. The molecule has 0 amide bonds. The van der Waals surface area contributed by atoms with E-state index in [9.17, 15) is 8.78 Å². The predicted octanol–water partition coefficient (Wildman–Crippen LogP) is 3.46. The number of aliphatic imine (C=N–C) groups is 1. The first-order valence-corrected chi connectivity index (χ1v) is 8.49. The van der Waals surface area contributed by atoms with Crippen molar-refractivity contribution in [3.05, 3.63) is 54.6 Å². The standard InChI is InChI=1S/C19H21F2N5O/c20-19(21)9-10-26(18(23)24)16(12-19)17(22)25-13-5-4-8-15(11-13)27-14-6-2-1-3-7-14/h1-8,11,16H,9-10,12H2,(H2,22,25)(H3,23,24). The van der Waals surface area contributed by atoms with Crippen molar-refractivity contribution in [2.24, 2.45) is 16.5 Å². The van der Waals surface area contributed by atoms with E-state index in [1.54, 1.807) is 24.3 Å². The van der Waals surface area contributed by atoms with Crippen LogP contribution in [-0.2, 0) is 0 Å². The fourth-order valence-corrected chi connectivity index (χ4v) is 2.95. The van der Waals surface area contributed by atoms with Crippen molar-refractivity contribution in [1.29, 1.82) is 5.41 Å². The van der Waals surface area contributed by atoms with E-state index >= 15 is 0 Å². The van der Waals surface area contributed by atoms with E-state index in [0.717, 1.165) is 0 Å². The van der Waals surface area contributed by atoms with Gasteiger partial charge in [0.1, 0.15) is 17.3 Å². The van der Waals surface area contributed by atoms with Gasteiger partial charge in [-0.3, -0.25) is 5.41 Å². The van der Waals surface area contributed by atoms with Crippen molar-refractivity contribution in [2.75, 3.05) is 6.54 Å². The highest BCUT2D eigenvalue weighted by molar-refractivity contribution is 5.92. The van der Waals surface area contributed by atoms with E-state index < -0.39 is 18.4 Å². The summed E-state index contributed by atoms with van der Waals surface area (Å²) < 4.78 is 33.4. The molecule has 0 saturated carbocycles. The van der Waals surface area contributed by atoms with E-state index in [4.69, 9.17) is 21.6 Å². The fraction of sp³-hybridized carbons (Fsp3) is 0.263. The lowest BCUT2D eigenvalue weighted by Gasteiger charge is -2.39. The smallest absolute Gasteiger partial charge is 0.252 e. The average Bonchev–Trinajstić information content (AvgIpc) is 2.62. The van der Waals surface area contributed by atoms with Gasteiger partial charge < -0.3 is 21.1 Å². The number of para-hydroxylation sites is 1. The fourth-order valence-electron chi connectivity index (χ4n) is 2.95. The second-order valence-corrected chi connectivity index (χ2v) is 6.35. The molecule has 1 aliphatic heterocycles. The normalized spacial score (nSPS) is 19.6. The van der Waals surface area contributed by atoms with Gasteiger partial charge in [0.2, 0.25) is 0 Å². The number of halogens is 2. The summed E-state index contributed by atoms with van der Waals surface area (Å²) in [4.78, 5) is 5.62. The average molecular weight is 373 g/mol. The third kappa shape index (κ3) is 4.72. The van der Waals surface area contributed by atoms with Gasteiger partial charge in [-0.2, -0.15) is 0 Å². The van der Waals surface area contributed by atoms with Gasteiger partial charge >= 0.3 is 0 Å². The van der Waals surface area contributed by atoms with Crippen molar-refractivity contribution in [3.63, 3.8) is 0 Å². The van der Waals surface area contributed by atoms with Gasteiger partial charge in [-0.1, -0.05) is 24.3 Å². The number of likely N-dealkylation sites (tertiary alicyclic amines) is 1. The molecule has 0 spiro atoms. The van der Waals surface area contributed by atoms with E-state index in [-0.39, 0.29) is 24.8 Å². The first-order chi connectivity index (χ1) is 12.8. The molecule has 142 valence electrons. The van der Waals surface area contributed by atoms with Crippen LogP contribution in [0.25, 0.3) is 0 Å². The van der Waals surface area contributed by atoms with E-state index in [0.29, 0.717) is 17.2 Å². The highest BCUT2D eigenvalue weighted by atomic mass is 19.3. The van der Waals surface area contributed by atoms with Crippen LogP contribution in [0, 0.1) is 5.41 Å². The number of nitrogens with zero attached hydrogens (tertiary/aromatic N) is 2. The first-order valence-electron chi connectivity index (χ1n) is 8.49. The topological polar surface area (TPSA) is 101 Å². The van der Waals surface area contributed by atoms with Gasteiger partial charge in [0.05, 0.1) is 11.7 Å². The molecule has 1 fully saturated rings. The van der Waals surface area contributed by atoms with Crippen LogP contribution in [0.5, 0.6) is 11.5 Å². The van der Waals surface area contributed by atoms with Crippen LogP contribution < -0.4 is 16.2 Å². The molecule has 0 aromatic heterocycles. The van der Waals surface area contributed by atoms with Crippen LogP contribution in [-0.4, -0.2) is 35.2 Å². The number of ether oxygens (including phenoxy) is 1. The van der Waals surface area contributed by atoms with Crippen LogP contribution in [0.15, 0.2) is 59.6 Å². The Bertz CT molecular complexity index is 841. The quantitative estimate of drug-likeness (QED) is 0.564. The molecule has 0 aliphatic carbocycles. The highest BCUT2D eigenvalue weighted by Gasteiger charge is 2.42. The number of benzene rings is 2. The third-order valence-electron chi connectivity index (χ3n) is 4.29. The molecular formula is C19H21F2N5O. The zero-order valence-electron chi connectivity index (χ0n) is 14.6. The summed E-state index contributed by atoms with van der Waals surface area (Å²) in [6, 6.07) is 15.2. The van der Waals surface area contributed by atoms with Gasteiger partial charge in [-0.05, 0) is 24.3 Å². The Morgan fingerprint density at radius 3 is 2.52 bits per heavy atom. The minimum absolute atomic E-state index is 0.0126. The number of hydrogen-bond acceptors (Lipinski definition) is 3. The lowest BCUT2D eigenvalue weighted by atomic mass is 9.98. The molecule has 1 atom stereocenters. The van der Waals surface area contributed by atoms with Crippen LogP contribution in [0.4, 0.5) is 14.5 Å². The molecule has 27 heavy (non-hydrogen) atoms. The summed E-state index contributed by atoms with van der Waals surface area (Å²) >= 11 is 0. The van der Waals surface area contributed by atoms with Crippen LogP contribution in [0.1, 0.15) is 12.8 Å². The van der Waals surface area contributed by atoms with Crippen LogP contribution >= 0.6 is 0 Å². The highest BCUT2D eigenvalue weighted by Crippen LogP contribution is 2.32. The van der Waals surface area contributed by atoms with Gasteiger partial charge in [-0.15, -0.1) is 0 Å². The number of rotatable bonds is 4. The SMILES string of the molecule is N=C(N)N1CCC(F)(F)CC1C(N)=Nc1cccc(Oc2ccccc2)c1. The molecule has 2 aromatic rings. The Hall–Kier alpha value is -3.16.